The molecule has 1 amide bonds. The van der Waals surface area contributed by atoms with Gasteiger partial charge >= 0.3 is 0 Å². The van der Waals surface area contributed by atoms with Crippen LogP contribution in [0.15, 0.2) is 12.1 Å². The predicted molar refractivity (Wildman–Crippen MR) is 91.1 cm³/mol. The fraction of sp³-hybridized carbons (Fsp3) is 0.533. The maximum absolute atomic E-state index is 12.7. The highest BCUT2D eigenvalue weighted by molar-refractivity contribution is 14.1. The number of likely N-dealkylation sites (N-methyl/N-ethyl adjacent to an activating group) is 1. The Kier molecular flexibility index (Phi) is 5.73. The molecule has 2 atom stereocenters. The lowest BCUT2D eigenvalue weighted by Gasteiger charge is -2.35. The first-order valence-corrected chi connectivity index (χ1v) is 8.39. The third kappa shape index (κ3) is 3.63. The van der Waals surface area contributed by atoms with Gasteiger partial charge in [0, 0.05) is 10.6 Å². The van der Waals surface area contributed by atoms with Crippen LogP contribution in [0.1, 0.15) is 36.0 Å². The van der Waals surface area contributed by atoms with Crippen molar-refractivity contribution in [3.05, 3.63) is 26.3 Å². The van der Waals surface area contributed by atoms with Crippen molar-refractivity contribution < 1.29 is 14.6 Å². The van der Waals surface area contributed by atoms with Gasteiger partial charge in [-0.05, 0) is 47.6 Å². The van der Waals surface area contributed by atoms with Crippen molar-refractivity contribution >= 4 is 40.1 Å². The van der Waals surface area contributed by atoms with Crippen LogP contribution in [0.2, 0.25) is 5.02 Å². The summed E-state index contributed by atoms with van der Waals surface area (Å²) in [6.45, 7) is 0. The molecule has 0 heterocycles. The molecule has 1 aromatic carbocycles. The summed E-state index contributed by atoms with van der Waals surface area (Å²) in [5, 5.41) is 10.6. The second kappa shape index (κ2) is 7.15. The quantitative estimate of drug-likeness (QED) is 0.759. The molecule has 1 aliphatic rings. The van der Waals surface area contributed by atoms with E-state index in [0.29, 0.717) is 16.3 Å². The Bertz CT molecular complexity index is 538. The number of hydrogen-bond donors (Lipinski definition) is 1. The molecule has 6 heteroatoms. The zero-order chi connectivity index (χ0) is 15.6. The fourth-order valence-electron chi connectivity index (χ4n) is 2.75. The molecule has 1 fully saturated rings. The monoisotopic (exact) mass is 423 g/mol. The van der Waals surface area contributed by atoms with Crippen LogP contribution in [0, 0.1) is 3.57 Å². The first-order valence-electron chi connectivity index (χ1n) is 6.94. The zero-order valence-electron chi connectivity index (χ0n) is 12.1. The SMILES string of the molecule is COc1cc(I)c(Cl)cc1C(=O)N(C)C1CCCCC1O. The van der Waals surface area contributed by atoms with Crippen LogP contribution in [0.25, 0.3) is 0 Å². The normalized spacial score (nSPS) is 22.0. The first-order chi connectivity index (χ1) is 9.95. The standard InChI is InChI=1S/C15H19ClINO3/c1-18(12-5-3-4-6-13(12)19)15(20)9-7-10(16)11(17)8-14(9)21-2/h7-8,12-13,19H,3-6H2,1-2H3. The topological polar surface area (TPSA) is 49.8 Å². The summed E-state index contributed by atoms with van der Waals surface area (Å²) in [7, 11) is 3.26. The Labute approximate surface area is 143 Å². The predicted octanol–water partition coefficient (Wildman–Crippen LogP) is 3.33. The Morgan fingerprint density at radius 2 is 2.10 bits per heavy atom. The van der Waals surface area contributed by atoms with Crippen LogP contribution < -0.4 is 4.74 Å². The maximum Gasteiger partial charge on any atom is 0.257 e. The second-order valence-electron chi connectivity index (χ2n) is 5.30. The number of carbonyl (C=O) groups is 1. The van der Waals surface area contributed by atoms with E-state index >= 15 is 0 Å². The molecule has 0 saturated heterocycles. The molecule has 0 bridgehead atoms. The third-order valence-corrected chi connectivity index (χ3v) is 5.51. The maximum atomic E-state index is 12.7. The molecular formula is C15H19ClINO3. The van der Waals surface area contributed by atoms with Crippen LogP contribution in [0.4, 0.5) is 0 Å². The van der Waals surface area contributed by atoms with Crippen LogP contribution in [-0.2, 0) is 0 Å². The van der Waals surface area contributed by atoms with Crippen LogP contribution in [0.3, 0.4) is 0 Å². The van der Waals surface area contributed by atoms with Crippen LogP contribution in [0.5, 0.6) is 5.75 Å². The van der Waals surface area contributed by atoms with E-state index in [1.54, 1.807) is 24.1 Å². The average Bonchev–Trinajstić information content (AvgIpc) is 2.48. The van der Waals surface area contributed by atoms with E-state index in [4.69, 9.17) is 16.3 Å². The van der Waals surface area contributed by atoms with Gasteiger partial charge in [-0.25, -0.2) is 0 Å². The highest BCUT2D eigenvalue weighted by atomic mass is 127. The Balaban J connectivity index is 2.28. The van der Waals surface area contributed by atoms with Crippen molar-refractivity contribution in [2.24, 2.45) is 0 Å². The molecule has 1 aromatic rings. The summed E-state index contributed by atoms with van der Waals surface area (Å²) in [4.78, 5) is 14.3. The lowest BCUT2D eigenvalue weighted by atomic mass is 9.91. The molecule has 1 aliphatic carbocycles. The van der Waals surface area contributed by atoms with Crippen molar-refractivity contribution in [3.8, 4) is 5.75 Å². The number of ether oxygens (including phenoxy) is 1. The number of nitrogens with zero attached hydrogens (tertiary/aromatic N) is 1. The van der Waals surface area contributed by atoms with E-state index in [2.05, 4.69) is 22.6 Å². The summed E-state index contributed by atoms with van der Waals surface area (Å²) >= 11 is 8.22. The van der Waals surface area contributed by atoms with Gasteiger partial charge in [-0.1, -0.05) is 24.4 Å². The number of amides is 1. The van der Waals surface area contributed by atoms with Gasteiger partial charge in [0.05, 0.1) is 29.8 Å². The fourth-order valence-corrected chi connectivity index (χ4v) is 3.35. The number of aliphatic hydroxyl groups excluding tert-OH is 1. The molecule has 0 aliphatic heterocycles. The number of halogens is 2. The first kappa shape index (κ1) is 16.8. The van der Waals surface area contributed by atoms with Gasteiger partial charge in [-0.2, -0.15) is 0 Å². The van der Waals surface area contributed by atoms with Gasteiger partial charge in [0.2, 0.25) is 0 Å². The van der Waals surface area contributed by atoms with E-state index in [1.807, 2.05) is 0 Å². The highest BCUT2D eigenvalue weighted by Crippen LogP contribution is 2.30. The van der Waals surface area contributed by atoms with Crippen molar-refractivity contribution in [1.29, 1.82) is 0 Å². The number of benzene rings is 1. The van der Waals surface area contributed by atoms with Gasteiger partial charge in [-0.3, -0.25) is 4.79 Å². The molecule has 0 radical (unpaired) electrons. The highest BCUT2D eigenvalue weighted by Gasteiger charge is 2.31. The van der Waals surface area contributed by atoms with Gasteiger partial charge < -0.3 is 14.7 Å². The van der Waals surface area contributed by atoms with Crippen molar-refractivity contribution in [2.75, 3.05) is 14.2 Å². The summed E-state index contributed by atoms with van der Waals surface area (Å²) < 4.78 is 6.13. The van der Waals surface area contributed by atoms with E-state index < -0.39 is 6.10 Å². The van der Waals surface area contributed by atoms with Gasteiger partial charge in [0.1, 0.15) is 5.75 Å². The van der Waals surface area contributed by atoms with E-state index in [-0.39, 0.29) is 11.9 Å². The number of methoxy groups -OCH3 is 1. The smallest absolute Gasteiger partial charge is 0.257 e. The Morgan fingerprint density at radius 1 is 1.43 bits per heavy atom. The Hall–Kier alpha value is -0.530. The molecule has 2 rings (SSSR count). The summed E-state index contributed by atoms with van der Waals surface area (Å²) in [6, 6.07) is 3.24. The zero-order valence-corrected chi connectivity index (χ0v) is 15.0. The second-order valence-corrected chi connectivity index (χ2v) is 6.87. The molecule has 21 heavy (non-hydrogen) atoms. The molecular weight excluding hydrogens is 405 g/mol. The third-order valence-electron chi connectivity index (χ3n) is 3.98. The average molecular weight is 424 g/mol. The van der Waals surface area contributed by atoms with Gasteiger partial charge in [0.25, 0.3) is 5.91 Å². The minimum Gasteiger partial charge on any atom is -0.496 e. The number of rotatable bonds is 3. The van der Waals surface area contributed by atoms with E-state index in [9.17, 15) is 9.90 Å². The molecule has 1 N–H and O–H groups in total. The largest absolute Gasteiger partial charge is 0.496 e. The lowest BCUT2D eigenvalue weighted by Crippen LogP contribution is -2.46. The van der Waals surface area contributed by atoms with E-state index in [0.717, 1.165) is 29.3 Å². The lowest BCUT2D eigenvalue weighted by molar-refractivity contribution is 0.0266. The van der Waals surface area contributed by atoms with Crippen molar-refractivity contribution in [3.63, 3.8) is 0 Å². The molecule has 1 saturated carbocycles. The van der Waals surface area contributed by atoms with Crippen molar-refractivity contribution in [1.82, 2.24) is 4.90 Å². The molecule has 4 nitrogen and oxygen atoms in total. The van der Waals surface area contributed by atoms with Crippen LogP contribution >= 0.6 is 34.2 Å². The van der Waals surface area contributed by atoms with Gasteiger partial charge in [0.15, 0.2) is 0 Å². The molecule has 0 spiro atoms. The number of carbonyl (C=O) groups excluding carboxylic acids is 1. The Morgan fingerprint density at radius 3 is 2.71 bits per heavy atom. The van der Waals surface area contributed by atoms with E-state index in [1.165, 1.54) is 7.11 Å². The molecule has 2 unspecified atom stereocenters. The van der Waals surface area contributed by atoms with Crippen LogP contribution in [-0.4, -0.2) is 42.2 Å². The summed E-state index contributed by atoms with van der Waals surface area (Å²) in [5.41, 5.74) is 0.434. The minimum atomic E-state index is -0.460. The van der Waals surface area contributed by atoms with Crippen molar-refractivity contribution in [2.45, 2.75) is 37.8 Å². The number of hydrogen-bond acceptors (Lipinski definition) is 3. The summed E-state index contributed by atoms with van der Waals surface area (Å²) in [6.07, 6.45) is 3.15. The molecule has 116 valence electrons. The number of aliphatic hydroxyl groups is 1. The molecule has 0 aromatic heterocycles. The van der Waals surface area contributed by atoms with Gasteiger partial charge in [-0.15, -0.1) is 0 Å². The minimum absolute atomic E-state index is 0.144. The summed E-state index contributed by atoms with van der Waals surface area (Å²) in [5.74, 6) is 0.335.